The van der Waals surface area contributed by atoms with Gasteiger partial charge in [0.15, 0.2) is 0 Å². The van der Waals surface area contributed by atoms with E-state index >= 15 is 0 Å². The summed E-state index contributed by atoms with van der Waals surface area (Å²) in [5.41, 5.74) is 1.37. The van der Waals surface area contributed by atoms with Crippen molar-refractivity contribution in [1.29, 1.82) is 0 Å². The molecule has 1 amide bonds. The SMILES string of the molecule is CC1CNCC1C(=O)N1CCC(c2ccccc2)C1. The van der Waals surface area contributed by atoms with Gasteiger partial charge in [-0.3, -0.25) is 4.79 Å². The van der Waals surface area contributed by atoms with Crippen molar-refractivity contribution in [2.45, 2.75) is 19.3 Å². The minimum atomic E-state index is 0.189. The molecule has 3 unspecified atom stereocenters. The van der Waals surface area contributed by atoms with Crippen molar-refractivity contribution in [3.05, 3.63) is 35.9 Å². The van der Waals surface area contributed by atoms with E-state index in [1.807, 2.05) is 6.07 Å². The van der Waals surface area contributed by atoms with Crippen LogP contribution in [0.1, 0.15) is 24.8 Å². The van der Waals surface area contributed by atoms with E-state index in [0.717, 1.165) is 32.6 Å². The lowest BCUT2D eigenvalue weighted by molar-refractivity contribution is -0.134. The highest BCUT2D eigenvalue weighted by Gasteiger charge is 2.36. The van der Waals surface area contributed by atoms with Crippen molar-refractivity contribution < 1.29 is 4.79 Å². The standard InChI is InChI=1S/C16H22N2O/c1-12-9-17-10-15(12)16(19)18-8-7-14(11-18)13-5-3-2-4-6-13/h2-6,12,14-15,17H,7-11H2,1H3. The Balaban J connectivity index is 1.64. The summed E-state index contributed by atoms with van der Waals surface area (Å²) in [5, 5.41) is 3.32. The first kappa shape index (κ1) is 12.7. The van der Waals surface area contributed by atoms with Gasteiger partial charge in [-0.2, -0.15) is 0 Å². The molecule has 1 aromatic carbocycles. The number of carbonyl (C=O) groups is 1. The molecule has 0 bridgehead atoms. The van der Waals surface area contributed by atoms with Gasteiger partial charge in [-0.05, 0) is 24.4 Å². The Bertz CT molecular complexity index is 445. The number of carbonyl (C=O) groups excluding carboxylic acids is 1. The smallest absolute Gasteiger partial charge is 0.227 e. The maximum absolute atomic E-state index is 12.5. The third-order valence-electron chi connectivity index (χ3n) is 4.61. The summed E-state index contributed by atoms with van der Waals surface area (Å²) in [6.07, 6.45) is 1.10. The van der Waals surface area contributed by atoms with Gasteiger partial charge < -0.3 is 10.2 Å². The van der Waals surface area contributed by atoms with Crippen molar-refractivity contribution in [2.75, 3.05) is 26.2 Å². The topological polar surface area (TPSA) is 32.3 Å². The van der Waals surface area contributed by atoms with E-state index in [0.29, 0.717) is 17.7 Å². The summed E-state index contributed by atoms with van der Waals surface area (Å²) >= 11 is 0. The van der Waals surface area contributed by atoms with E-state index in [2.05, 4.69) is 41.4 Å². The van der Waals surface area contributed by atoms with Crippen molar-refractivity contribution >= 4 is 5.91 Å². The van der Waals surface area contributed by atoms with Gasteiger partial charge >= 0.3 is 0 Å². The van der Waals surface area contributed by atoms with Crippen molar-refractivity contribution in [3.63, 3.8) is 0 Å². The number of nitrogens with one attached hydrogen (secondary N) is 1. The molecule has 0 aromatic heterocycles. The molecule has 2 aliphatic heterocycles. The van der Waals surface area contributed by atoms with Gasteiger partial charge in [0.1, 0.15) is 0 Å². The largest absolute Gasteiger partial charge is 0.342 e. The lowest BCUT2D eigenvalue weighted by atomic mass is 9.96. The summed E-state index contributed by atoms with van der Waals surface area (Å²) in [6.45, 7) is 5.82. The van der Waals surface area contributed by atoms with Crippen LogP contribution in [0.15, 0.2) is 30.3 Å². The number of likely N-dealkylation sites (tertiary alicyclic amines) is 1. The summed E-state index contributed by atoms with van der Waals surface area (Å²) in [7, 11) is 0. The minimum absolute atomic E-state index is 0.189. The fourth-order valence-electron chi connectivity index (χ4n) is 3.33. The van der Waals surface area contributed by atoms with Crippen LogP contribution in [0.5, 0.6) is 0 Å². The molecule has 3 heteroatoms. The first-order valence-electron chi connectivity index (χ1n) is 7.30. The Morgan fingerprint density at radius 3 is 2.74 bits per heavy atom. The highest BCUT2D eigenvalue weighted by molar-refractivity contribution is 5.80. The van der Waals surface area contributed by atoms with Crippen molar-refractivity contribution in [3.8, 4) is 0 Å². The zero-order chi connectivity index (χ0) is 13.2. The Morgan fingerprint density at radius 1 is 1.26 bits per heavy atom. The summed E-state index contributed by atoms with van der Waals surface area (Å²) in [6, 6.07) is 10.6. The molecule has 102 valence electrons. The zero-order valence-electron chi connectivity index (χ0n) is 11.5. The van der Waals surface area contributed by atoms with Gasteiger partial charge in [0.2, 0.25) is 5.91 Å². The third-order valence-corrected chi connectivity index (χ3v) is 4.61. The lowest BCUT2D eigenvalue weighted by Gasteiger charge is -2.22. The average molecular weight is 258 g/mol. The quantitative estimate of drug-likeness (QED) is 0.878. The monoisotopic (exact) mass is 258 g/mol. The predicted molar refractivity (Wildman–Crippen MR) is 75.9 cm³/mol. The van der Waals surface area contributed by atoms with Crippen LogP contribution < -0.4 is 5.32 Å². The molecule has 0 saturated carbocycles. The molecule has 2 fully saturated rings. The molecule has 0 radical (unpaired) electrons. The van der Waals surface area contributed by atoms with Crippen molar-refractivity contribution in [1.82, 2.24) is 10.2 Å². The number of rotatable bonds is 2. The molecule has 19 heavy (non-hydrogen) atoms. The number of hydrogen-bond donors (Lipinski definition) is 1. The first-order valence-corrected chi connectivity index (χ1v) is 7.30. The van der Waals surface area contributed by atoms with Gasteiger partial charge in [-0.25, -0.2) is 0 Å². The van der Waals surface area contributed by atoms with Crippen LogP contribution >= 0.6 is 0 Å². The summed E-state index contributed by atoms with van der Waals surface area (Å²) < 4.78 is 0. The Labute approximate surface area is 115 Å². The van der Waals surface area contributed by atoms with Gasteiger partial charge in [0.25, 0.3) is 0 Å². The number of amides is 1. The van der Waals surface area contributed by atoms with E-state index < -0.39 is 0 Å². The fraction of sp³-hybridized carbons (Fsp3) is 0.562. The van der Waals surface area contributed by atoms with Crippen LogP contribution in [0.4, 0.5) is 0 Å². The normalized spacial score (nSPS) is 30.8. The number of nitrogens with zero attached hydrogens (tertiary/aromatic N) is 1. The predicted octanol–water partition coefficient (Wildman–Crippen LogP) is 1.86. The number of hydrogen-bond acceptors (Lipinski definition) is 2. The highest BCUT2D eigenvalue weighted by Crippen LogP contribution is 2.29. The third kappa shape index (κ3) is 2.52. The van der Waals surface area contributed by atoms with Crippen LogP contribution in [-0.4, -0.2) is 37.0 Å². The molecule has 2 heterocycles. The van der Waals surface area contributed by atoms with E-state index in [9.17, 15) is 4.79 Å². The number of benzene rings is 1. The van der Waals surface area contributed by atoms with Gasteiger partial charge in [-0.15, -0.1) is 0 Å². The van der Waals surface area contributed by atoms with E-state index in [1.54, 1.807) is 0 Å². The average Bonchev–Trinajstić information content (AvgIpc) is 3.08. The molecule has 2 aliphatic rings. The highest BCUT2D eigenvalue weighted by atomic mass is 16.2. The van der Waals surface area contributed by atoms with Crippen LogP contribution in [0.3, 0.4) is 0 Å². The molecule has 3 atom stereocenters. The van der Waals surface area contributed by atoms with Crippen LogP contribution in [0, 0.1) is 11.8 Å². The second kappa shape index (κ2) is 5.33. The summed E-state index contributed by atoms with van der Waals surface area (Å²) in [4.78, 5) is 14.6. The Hall–Kier alpha value is -1.35. The fourth-order valence-corrected chi connectivity index (χ4v) is 3.33. The second-order valence-electron chi connectivity index (χ2n) is 5.92. The second-order valence-corrected chi connectivity index (χ2v) is 5.92. The first-order chi connectivity index (χ1) is 9.25. The molecule has 2 saturated heterocycles. The van der Waals surface area contributed by atoms with E-state index in [-0.39, 0.29) is 5.92 Å². The molecule has 3 rings (SSSR count). The van der Waals surface area contributed by atoms with Gasteiger partial charge in [0.05, 0.1) is 5.92 Å². The Morgan fingerprint density at radius 2 is 2.05 bits per heavy atom. The molecule has 0 spiro atoms. The lowest BCUT2D eigenvalue weighted by Crippen LogP contribution is -2.37. The summed E-state index contributed by atoms with van der Waals surface area (Å²) in [5.74, 6) is 1.54. The molecule has 1 N–H and O–H groups in total. The van der Waals surface area contributed by atoms with Gasteiger partial charge in [-0.1, -0.05) is 37.3 Å². The molecular formula is C16H22N2O. The van der Waals surface area contributed by atoms with Crippen LogP contribution in [-0.2, 0) is 4.79 Å². The van der Waals surface area contributed by atoms with E-state index in [4.69, 9.17) is 0 Å². The maximum atomic E-state index is 12.5. The molecular weight excluding hydrogens is 236 g/mol. The molecule has 1 aromatic rings. The molecule has 3 nitrogen and oxygen atoms in total. The van der Waals surface area contributed by atoms with E-state index in [1.165, 1.54) is 5.56 Å². The zero-order valence-corrected chi connectivity index (χ0v) is 11.5. The van der Waals surface area contributed by atoms with Crippen molar-refractivity contribution in [2.24, 2.45) is 11.8 Å². The van der Waals surface area contributed by atoms with Crippen LogP contribution in [0.2, 0.25) is 0 Å². The van der Waals surface area contributed by atoms with Crippen LogP contribution in [0.25, 0.3) is 0 Å². The molecule has 0 aliphatic carbocycles. The minimum Gasteiger partial charge on any atom is -0.342 e. The maximum Gasteiger partial charge on any atom is 0.227 e. The Kier molecular flexibility index (Phi) is 3.56. The van der Waals surface area contributed by atoms with Gasteiger partial charge in [0, 0.05) is 25.6 Å².